The first kappa shape index (κ1) is 124. The van der Waals surface area contributed by atoms with Crippen LogP contribution in [0.25, 0.3) is 10.9 Å². The molecule has 52 heteroatoms. The first-order valence-electron chi connectivity index (χ1n) is 50.1. The van der Waals surface area contributed by atoms with E-state index in [2.05, 4.69) is 95.3 Å². The van der Waals surface area contributed by atoms with Crippen LogP contribution in [-0.4, -0.2) is 336 Å². The number of carbonyl (C=O) groups excluding carboxylic acids is 17. The van der Waals surface area contributed by atoms with Crippen LogP contribution in [0.3, 0.4) is 0 Å². The summed E-state index contributed by atoms with van der Waals surface area (Å²) in [5.41, 5.74) is 21.1. The molecular formula is C95H152N26O26. The molecule has 17 amide bonds. The fourth-order valence-electron chi connectivity index (χ4n) is 16.3. The van der Waals surface area contributed by atoms with Gasteiger partial charge in [0.05, 0.1) is 65.3 Å². The molecule has 33 N–H and O–H groups in total. The van der Waals surface area contributed by atoms with Gasteiger partial charge in [-0.3, -0.25) is 101 Å². The summed E-state index contributed by atoms with van der Waals surface area (Å²) in [7, 11) is 0. The number of hydrogen-bond acceptors (Lipinski definition) is 29. The molecule has 2 aromatic carbocycles. The molecule has 3 aromatic rings. The molecule has 0 saturated carbocycles. The van der Waals surface area contributed by atoms with E-state index in [4.69, 9.17) is 43.8 Å². The SMILES string of the molecule is CCCC[C@H](NC(=O)[C@H](CCCNC(=O)CN(CC(=O)O)CC(=O)O)NC(=O)[C@H](CO)NC(=O)[C@H](CCC(N)=O)NC(=O)[C@H](CO)NC(=O)CNC(=O)COCCOCCNC(=O)CCCCCCCCCCCCCCC/C(=N/N)NN)C(=O)N[C@H]1CCC(=O)NCCCC[C@@H](C(N)=O)NC(=O)[C@H](Cc2c[nH]c3ccccc23)NC(=O)[C@H](CCCNC(=N)N)NC(=O)[C@@H](Cc2ccccc2)NC(=O)[C@@H]2C[C@@H](O)CN2C1=O. The molecular weight excluding hydrogens is 1920 g/mol. The smallest absolute Gasteiger partial charge is 0.317 e. The zero-order valence-corrected chi connectivity index (χ0v) is 83.5. The van der Waals surface area contributed by atoms with Crippen molar-refractivity contribution < 1.29 is 126 Å². The minimum Gasteiger partial charge on any atom is -0.480 e. The van der Waals surface area contributed by atoms with Crippen LogP contribution in [0.4, 0.5) is 0 Å². The molecule has 0 bridgehead atoms. The number of nitrogens with two attached hydrogens (primary N) is 5. The summed E-state index contributed by atoms with van der Waals surface area (Å²) in [6.45, 7) is -5.08. The molecule has 0 unspecified atom stereocenters. The third-order valence-electron chi connectivity index (χ3n) is 24.2. The van der Waals surface area contributed by atoms with Gasteiger partial charge >= 0.3 is 11.9 Å². The van der Waals surface area contributed by atoms with Crippen molar-refractivity contribution in [2.24, 2.45) is 34.0 Å². The topological polar surface area (TPSA) is 825 Å². The number of rotatable bonds is 64. The van der Waals surface area contributed by atoms with Crippen LogP contribution in [-0.2, 0) is 113 Å². The number of para-hydroxylation sites is 1. The number of nitrogens with zero attached hydrogens (tertiary/aromatic N) is 3. The highest BCUT2D eigenvalue weighted by molar-refractivity contribution is 6.01. The number of carboxylic acid groups (broad SMARTS) is 2. The number of hydrazone groups is 1. The number of amides is 17. The lowest BCUT2D eigenvalue weighted by Gasteiger charge is -2.31. The standard InChI is InChI=1S/C95H152N26O26/c1-2-3-29-65(86(137)114-69-37-39-78(127)102-40-23-22-31-64(84(97)135)109-90(141)71(48-60-50-106-63-30-21-20-28-62(60)63)115-87(138)67(33-25-42-105-95(98)99)111-89(140)70(47-59-26-16-15-17-27-59)116-93(144)74-49-61(124)52-121(74)94(69)145)110-85(136)66(32-24-41-103-80(129)53-120(54-82(131)132)55-83(133)134)112-92(143)73(57-123)117-88(139)68(36-38-75(96)125)113-91(142)72(56-122)108-79(128)51-107-81(130)58-147-46-45-146-44-43-104-77(126)35-19-14-12-10-8-6-4-5-7-9-11-13-18-34-76(118-100)119-101/h15-17,20-21,26-28,30,50,61,64-74,106,122-124H,2-14,18-19,22-25,29,31-49,51-58,100-101H2,1H3,(H2,96,125)(H2,97,135)(H,102,127)(H,103,129)(H,104,126)(H,107,130)(H,108,128)(H,109,141)(H,110,136)(H,111,140)(H,112,143)(H,113,142)(H,114,137)(H,115,138)(H,116,144)(H,117,139)(H,118,119)(H,131,132)(H,133,134)(H4,98,99,105)/t61-,64+,65+,66+,67+,68+,69+,70-,71+,72+,73+,74+/m1/s1. The van der Waals surface area contributed by atoms with E-state index in [9.17, 15) is 92.7 Å². The number of aliphatic hydroxyl groups is 3. The Morgan fingerprint density at radius 3 is 1.70 bits per heavy atom. The molecule has 52 nitrogen and oxygen atoms in total. The lowest BCUT2D eigenvalue weighted by Crippen LogP contribution is -2.61. The van der Waals surface area contributed by atoms with Crippen LogP contribution >= 0.6 is 0 Å². The van der Waals surface area contributed by atoms with Gasteiger partial charge in [-0.2, -0.15) is 5.10 Å². The number of unbranched alkanes of at least 4 members (excludes halogenated alkanes) is 13. The van der Waals surface area contributed by atoms with Crippen molar-refractivity contribution in [2.45, 2.75) is 285 Å². The molecule has 2 saturated heterocycles. The highest BCUT2D eigenvalue weighted by Crippen LogP contribution is 2.25. The van der Waals surface area contributed by atoms with Crippen molar-refractivity contribution >= 4 is 135 Å². The molecule has 2 aliphatic rings. The third-order valence-corrected chi connectivity index (χ3v) is 24.2. The van der Waals surface area contributed by atoms with E-state index < -0.39 is 276 Å². The monoisotopic (exact) mass is 2070 g/mol. The van der Waals surface area contributed by atoms with Gasteiger partial charge in [0.1, 0.15) is 78.9 Å². The van der Waals surface area contributed by atoms with E-state index in [0.29, 0.717) is 40.7 Å². The number of primary amides is 2. The Bertz CT molecular complexity index is 4770. The molecule has 2 fully saturated rings. The minimum absolute atomic E-state index is 0.0177. The summed E-state index contributed by atoms with van der Waals surface area (Å²) in [6.07, 6.45) is 12.0. The molecule has 0 radical (unpaired) electrons. The number of benzene rings is 2. The number of ether oxygens (including phenoxy) is 2. The number of fused-ring (bicyclic) bond motifs is 2. The molecule has 0 aliphatic carbocycles. The fraction of sp³-hybridized carbons (Fsp3) is 0.632. The molecule has 818 valence electrons. The zero-order valence-electron chi connectivity index (χ0n) is 83.5. The van der Waals surface area contributed by atoms with Crippen LogP contribution in [0.1, 0.15) is 211 Å². The third kappa shape index (κ3) is 49.7. The summed E-state index contributed by atoms with van der Waals surface area (Å²) in [4.78, 5) is 266. The zero-order chi connectivity index (χ0) is 108. The average Bonchev–Trinajstić information content (AvgIpc) is 1.68. The van der Waals surface area contributed by atoms with Crippen LogP contribution in [0.5, 0.6) is 0 Å². The normalized spacial score (nSPS) is 18.3. The highest BCUT2D eigenvalue weighted by Gasteiger charge is 2.45. The number of aliphatic carboxylic acids is 2. The maximum atomic E-state index is 15.5. The second-order valence-electron chi connectivity index (χ2n) is 36.1. The van der Waals surface area contributed by atoms with Crippen molar-refractivity contribution in [1.29, 1.82) is 5.41 Å². The lowest BCUT2D eigenvalue weighted by atomic mass is 10.0. The molecule has 0 spiro atoms. The van der Waals surface area contributed by atoms with E-state index in [1.165, 1.54) is 38.5 Å². The largest absolute Gasteiger partial charge is 0.480 e. The number of aromatic amines is 1. The molecule has 1 aromatic heterocycles. The number of H-pyrrole nitrogens is 1. The number of guanidine groups is 1. The Morgan fingerprint density at radius 2 is 1.09 bits per heavy atom. The van der Waals surface area contributed by atoms with E-state index in [0.717, 1.165) is 61.2 Å². The van der Waals surface area contributed by atoms with E-state index in [1.807, 2.05) is 0 Å². The van der Waals surface area contributed by atoms with Crippen molar-refractivity contribution in [1.82, 2.24) is 100.0 Å². The van der Waals surface area contributed by atoms with Crippen molar-refractivity contribution in [3.8, 4) is 0 Å². The van der Waals surface area contributed by atoms with E-state index >= 15 is 24.0 Å². The summed E-state index contributed by atoms with van der Waals surface area (Å²) >= 11 is 0. The Labute approximate surface area is 852 Å². The first-order chi connectivity index (χ1) is 70.4. The number of hydrazine groups is 1. The molecule has 147 heavy (non-hydrogen) atoms. The van der Waals surface area contributed by atoms with Gasteiger partial charge in [-0.05, 0) is 94.2 Å². The number of aromatic nitrogens is 1. The van der Waals surface area contributed by atoms with Gasteiger partial charge in [0, 0.05) is 94.8 Å². The Balaban J connectivity index is 1.31. The minimum atomic E-state index is -2.07. The lowest BCUT2D eigenvalue weighted by molar-refractivity contribution is -0.143. The number of carboxylic acids is 2. The van der Waals surface area contributed by atoms with E-state index in [1.54, 1.807) is 67.7 Å². The summed E-state index contributed by atoms with van der Waals surface area (Å²) in [5, 5.41) is 101. The maximum absolute atomic E-state index is 15.5. The van der Waals surface area contributed by atoms with Gasteiger partial charge in [0.25, 0.3) is 0 Å². The van der Waals surface area contributed by atoms with Crippen molar-refractivity contribution in [3.05, 3.63) is 71.9 Å². The predicted octanol–water partition coefficient (Wildman–Crippen LogP) is -5.75. The van der Waals surface area contributed by atoms with Gasteiger partial charge in [-0.15, -0.1) is 0 Å². The Kier molecular flexibility index (Phi) is 58.9. The van der Waals surface area contributed by atoms with Gasteiger partial charge in [-0.25, -0.2) is 5.84 Å². The number of hydrogen-bond donors (Lipinski definition) is 28. The molecule has 2 aliphatic heterocycles. The summed E-state index contributed by atoms with van der Waals surface area (Å²) in [5.74, 6) is -8.62. The van der Waals surface area contributed by atoms with Crippen LogP contribution < -0.4 is 114 Å². The Morgan fingerprint density at radius 1 is 0.544 bits per heavy atom. The second kappa shape index (κ2) is 70.1. The first-order valence-corrected chi connectivity index (χ1v) is 50.1. The molecule has 3 heterocycles. The van der Waals surface area contributed by atoms with Crippen LogP contribution in [0, 0.1) is 5.41 Å². The van der Waals surface area contributed by atoms with Gasteiger partial charge < -0.3 is 153 Å². The summed E-state index contributed by atoms with van der Waals surface area (Å²) in [6, 6.07) is -3.27. The predicted molar refractivity (Wildman–Crippen MR) is 534 cm³/mol. The number of amidine groups is 1. The van der Waals surface area contributed by atoms with Gasteiger partial charge in [0.2, 0.25) is 100 Å². The van der Waals surface area contributed by atoms with E-state index in [-0.39, 0.29) is 116 Å². The van der Waals surface area contributed by atoms with Crippen LogP contribution in [0.15, 0.2) is 65.9 Å². The summed E-state index contributed by atoms with van der Waals surface area (Å²) < 4.78 is 10.8. The number of nitrogens with one attached hydrogen (secondary N) is 18. The fourth-order valence-corrected chi connectivity index (χ4v) is 16.3. The van der Waals surface area contributed by atoms with Gasteiger partial charge in [0.15, 0.2) is 5.96 Å². The van der Waals surface area contributed by atoms with Crippen molar-refractivity contribution in [2.75, 3.05) is 98.5 Å². The molecule has 5 rings (SSSR count). The van der Waals surface area contributed by atoms with Gasteiger partial charge in [-0.1, -0.05) is 139 Å². The second-order valence-corrected chi connectivity index (χ2v) is 36.1. The highest BCUT2D eigenvalue weighted by atomic mass is 16.5. The number of aliphatic hydroxyl groups excluding tert-OH is 3. The molecule has 12 atom stereocenters. The number of carbonyl (C=O) groups is 19. The average molecular weight is 2070 g/mol. The van der Waals surface area contributed by atoms with Crippen LogP contribution in [0.2, 0.25) is 0 Å². The van der Waals surface area contributed by atoms with Crippen molar-refractivity contribution in [3.63, 3.8) is 0 Å². The quantitative estimate of drug-likeness (QED) is 0.00823. The maximum Gasteiger partial charge on any atom is 0.317 e. The Hall–Kier alpha value is -13.8.